The number of hydrogen-bond acceptors (Lipinski definition) is 5. The summed E-state index contributed by atoms with van der Waals surface area (Å²) in [5, 5.41) is 3.08. The predicted molar refractivity (Wildman–Crippen MR) is 126 cm³/mol. The molecule has 9 heteroatoms. The Morgan fingerprint density at radius 1 is 1.21 bits per heavy atom. The van der Waals surface area contributed by atoms with E-state index in [0.717, 1.165) is 40.1 Å². The first-order valence-corrected chi connectivity index (χ1v) is 11.0. The average Bonchev–Trinajstić information content (AvgIpc) is 2.83. The Balaban J connectivity index is 1.64. The van der Waals surface area contributed by atoms with Crippen molar-refractivity contribution in [2.75, 3.05) is 23.3 Å². The summed E-state index contributed by atoms with van der Waals surface area (Å²) in [5.41, 5.74) is 6.98. The van der Waals surface area contributed by atoms with Crippen LogP contribution in [0.4, 0.5) is 20.3 Å². The van der Waals surface area contributed by atoms with E-state index in [1.54, 1.807) is 6.20 Å². The van der Waals surface area contributed by atoms with Crippen LogP contribution in [0, 0.1) is 18.6 Å². The number of carbonyl (C=O) groups excluding carboxylic acids is 1. The molecule has 3 aromatic rings. The average molecular weight is 472 g/mol. The minimum absolute atomic E-state index is 0.125. The molecule has 6 nitrogen and oxygen atoms in total. The number of nitrogens with one attached hydrogen (secondary N) is 2. The van der Waals surface area contributed by atoms with Crippen LogP contribution in [0.1, 0.15) is 23.1 Å². The number of fused-ring (bicyclic) bond motifs is 1. The van der Waals surface area contributed by atoms with Crippen molar-refractivity contribution >= 4 is 29.0 Å². The lowest BCUT2D eigenvalue weighted by atomic mass is 9.98. The molecule has 2 heterocycles. The fraction of sp³-hybridized carbons (Fsp3) is 0.250. The van der Waals surface area contributed by atoms with Crippen LogP contribution in [0.5, 0.6) is 0 Å². The van der Waals surface area contributed by atoms with Crippen molar-refractivity contribution in [2.24, 2.45) is 5.84 Å². The Bertz CT molecular complexity index is 1190. The van der Waals surface area contributed by atoms with E-state index in [1.807, 2.05) is 36.1 Å². The van der Waals surface area contributed by atoms with Gasteiger partial charge in [0.2, 0.25) is 5.91 Å². The van der Waals surface area contributed by atoms with Crippen LogP contribution < -0.4 is 21.5 Å². The van der Waals surface area contributed by atoms with E-state index in [0.29, 0.717) is 31.7 Å². The molecule has 1 aromatic heterocycles. The third kappa shape index (κ3) is 4.77. The van der Waals surface area contributed by atoms with Crippen molar-refractivity contribution < 1.29 is 13.6 Å². The molecule has 0 unspecified atom stereocenters. The topological polar surface area (TPSA) is 83.3 Å². The summed E-state index contributed by atoms with van der Waals surface area (Å²) < 4.78 is 28.4. The van der Waals surface area contributed by atoms with Crippen LogP contribution in [0.15, 0.2) is 42.6 Å². The number of nitrogens with two attached hydrogens (primary N) is 1. The SMILES string of the molecule is Cc1c(-c2ccc(CCC(=O)NN)cc2)cnc2c1N(Cc1c(F)ccc(F)c1Cl)CCN2. The third-order valence-corrected chi connectivity index (χ3v) is 6.26. The number of anilines is 2. The molecule has 0 bridgehead atoms. The maximum Gasteiger partial charge on any atom is 0.234 e. The molecule has 4 rings (SSSR count). The highest BCUT2D eigenvalue weighted by atomic mass is 35.5. The Hall–Kier alpha value is -3.23. The summed E-state index contributed by atoms with van der Waals surface area (Å²) in [6.07, 6.45) is 2.70. The van der Waals surface area contributed by atoms with Crippen molar-refractivity contribution in [1.82, 2.24) is 10.4 Å². The minimum atomic E-state index is -0.643. The highest BCUT2D eigenvalue weighted by Crippen LogP contribution is 2.38. The number of rotatable bonds is 6. The fourth-order valence-electron chi connectivity index (χ4n) is 4.06. The molecular weight excluding hydrogens is 448 g/mol. The van der Waals surface area contributed by atoms with Gasteiger partial charge in [0, 0.05) is 43.4 Å². The summed E-state index contributed by atoms with van der Waals surface area (Å²) >= 11 is 6.08. The van der Waals surface area contributed by atoms with Crippen LogP contribution in [0.3, 0.4) is 0 Å². The monoisotopic (exact) mass is 471 g/mol. The Kier molecular flexibility index (Phi) is 6.76. The maximum atomic E-state index is 14.4. The second-order valence-electron chi connectivity index (χ2n) is 7.93. The number of halogens is 3. The van der Waals surface area contributed by atoms with E-state index in [-0.39, 0.29) is 23.0 Å². The smallest absolute Gasteiger partial charge is 0.234 e. The molecule has 0 saturated heterocycles. The number of hydrazine groups is 1. The van der Waals surface area contributed by atoms with Gasteiger partial charge in [0.1, 0.15) is 17.5 Å². The molecule has 2 aromatic carbocycles. The van der Waals surface area contributed by atoms with Crippen molar-refractivity contribution in [3.05, 3.63) is 75.9 Å². The van der Waals surface area contributed by atoms with Crippen LogP contribution in [-0.4, -0.2) is 24.0 Å². The number of hydrogen-bond donors (Lipinski definition) is 3. The second-order valence-corrected chi connectivity index (χ2v) is 8.31. The van der Waals surface area contributed by atoms with E-state index < -0.39 is 11.6 Å². The van der Waals surface area contributed by atoms with Crippen LogP contribution >= 0.6 is 11.6 Å². The zero-order valence-electron chi connectivity index (χ0n) is 18.1. The van der Waals surface area contributed by atoms with E-state index in [4.69, 9.17) is 17.4 Å². The normalized spacial score (nSPS) is 12.8. The zero-order valence-corrected chi connectivity index (χ0v) is 18.8. The van der Waals surface area contributed by atoms with Gasteiger partial charge < -0.3 is 10.2 Å². The van der Waals surface area contributed by atoms with Gasteiger partial charge in [-0.05, 0) is 42.2 Å². The number of aromatic nitrogens is 1. The summed E-state index contributed by atoms with van der Waals surface area (Å²) in [6.45, 7) is 3.33. The van der Waals surface area contributed by atoms with Crippen molar-refractivity contribution in [1.29, 1.82) is 0 Å². The molecule has 0 atom stereocenters. The Morgan fingerprint density at radius 2 is 1.94 bits per heavy atom. The molecular formula is C24H24ClF2N5O. The van der Waals surface area contributed by atoms with E-state index in [1.165, 1.54) is 0 Å². The molecule has 1 aliphatic heterocycles. The molecule has 1 aliphatic rings. The molecule has 0 spiro atoms. The summed E-state index contributed by atoms with van der Waals surface area (Å²) in [4.78, 5) is 17.9. The molecule has 0 aliphatic carbocycles. The maximum absolute atomic E-state index is 14.4. The van der Waals surface area contributed by atoms with Gasteiger partial charge in [-0.25, -0.2) is 19.6 Å². The highest BCUT2D eigenvalue weighted by molar-refractivity contribution is 6.31. The van der Waals surface area contributed by atoms with Gasteiger partial charge in [-0.2, -0.15) is 0 Å². The van der Waals surface area contributed by atoms with Gasteiger partial charge in [0.05, 0.1) is 10.7 Å². The van der Waals surface area contributed by atoms with E-state index >= 15 is 0 Å². The van der Waals surface area contributed by atoms with Gasteiger partial charge in [0.25, 0.3) is 0 Å². The molecule has 0 radical (unpaired) electrons. The number of aryl methyl sites for hydroxylation is 1. The van der Waals surface area contributed by atoms with E-state index in [2.05, 4.69) is 15.7 Å². The third-order valence-electron chi connectivity index (χ3n) is 5.85. The minimum Gasteiger partial charge on any atom is -0.367 e. The first-order chi connectivity index (χ1) is 15.9. The van der Waals surface area contributed by atoms with Gasteiger partial charge in [0.15, 0.2) is 0 Å². The molecule has 33 heavy (non-hydrogen) atoms. The Labute approximate surface area is 195 Å². The van der Waals surface area contributed by atoms with Gasteiger partial charge in [-0.15, -0.1) is 0 Å². The number of amides is 1. The second kappa shape index (κ2) is 9.72. The molecule has 0 saturated carbocycles. The van der Waals surface area contributed by atoms with Crippen molar-refractivity contribution in [3.8, 4) is 11.1 Å². The Morgan fingerprint density at radius 3 is 2.67 bits per heavy atom. The number of pyridine rings is 1. The molecule has 0 fully saturated rings. The predicted octanol–water partition coefficient (Wildman–Crippen LogP) is 4.34. The van der Waals surface area contributed by atoms with E-state index in [9.17, 15) is 13.6 Å². The van der Waals surface area contributed by atoms with Crippen molar-refractivity contribution in [3.63, 3.8) is 0 Å². The fourth-order valence-corrected chi connectivity index (χ4v) is 4.28. The highest BCUT2D eigenvalue weighted by Gasteiger charge is 2.25. The number of benzene rings is 2. The van der Waals surface area contributed by atoms with Gasteiger partial charge >= 0.3 is 0 Å². The number of carbonyl (C=O) groups is 1. The first kappa shape index (κ1) is 22.9. The largest absolute Gasteiger partial charge is 0.367 e. The molecule has 172 valence electrons. The lowest BCUT2D eigenvalue weighted by molar-refractivity contribution is -0.121. The lowest BCUT2D eigenvalue weighted by Gasteiger charge is -2.34. The zero-order chi connectivity index (χ0) is 23.5. The van der Waals surface area contributed by atoms with Crippen LogP contribution in [-0.2, 0) is 17.8 Å². The van der Waals surface area contributed by atoms with Gasteiger partial charge in [-0.3, -0.25) is 10.2 Å². The molecule has 4 N–H and O–H groups in total. The quantitative estimate of drug-likeness (QED) is 0.215. The summed E-state index contributed by atoms with van der Waals surface area (Å²) in [6, 6.07) is 10.0. The number of nitrogens with zero attached hydrogens (tertiary/aromatic N) is 2. The summed E-state index contributed by atoms with van der Waals surface area (Å²) in [5.74, 6) is 4.43. The van der Waals surface area contributed by atoms with Gasteiger partial charge in [-0.1, -0.05) is 35.9 Å². The first-order valence-electron chi connectivity index (χ1n) is 10.6. The molecule has 1 amide bonds. The van der Waals surface area contributed by atoms with Crippen LogP contribution in [0.2, 0.25) is 5.02 Å². The standard InChI is InChI=1S/C24H24ClF2N5O/c1-14-17(16-5-2-15(3-6-16)4-9-21(33)31-28)12-30-24-23(14)32(11-10-29-24)13-18-19(26)7-8-20(27)22(18)25/h2-3,5-8,12H,4,9-11,13,28H2,1H3,(H,29,30)(H,31,33). The van der Waals surface area contributed by atoms with Crippen molar-refractivity contribution in [2.45, 2.75) is 26.3 Å². The lowest BCUT2D eigenvalue weighted by Crippen LogP contribution is -2.35. The summed E-state index contributed by atoms with van der Waals surface area (Å²) in [7, 11) is 0. The van der Waals surface area contributed by atoms with Crippen LogP contribution in [0.25, 0.3) is 11.1 Å².